The summed E-state index contributed by atoms with van der Waals surface area (Å²) in [7, 11) is -4.14. The molecule has 0 unspecified atom stereocenters. The number of hydrogen-bond acceptors (Lipinski definition) is 6. The van der Waals surface area contributed by atoms with Crippen molar-refractivity contribution in [3.05, 3.63) is 65.0 Å². The molecule has 0 spiro atoms. The molecule has 1 amide bonds. The van der Waals surface area contributed by atoms with Gasteiger partial charge in [0.25, 0.3) is 0 Å². The van der Waals surface area contributed by atoms with E-state index in [1.54, 1.807) is 0 Å². The largest absolute Gasteiger partial charge is 0.465 e. The molecule has 0 radical (unpaired) electrons. The molecule has 174 valence electrons. The Balaban J connectivity index is 2.16. The number of sulfone groups is 1. The molecule has 3 aromatic rings. The van der Waals surface area contributed by atoms with Crippen LogP contribution in [0.3, 0.4) is 0 Å². The summed E-state index contributed by atoms with van der Waals surface area (Å²) in [4.78, 5) is 28.1. The highest BCUT2D eigenvalue weighted by Crippen LogP contribution is 2.39. The molecule has 2 aromatic heterocycles. The minimum atomic E-state index is -4.14. The molecule has 0 atom stereocenters. The molecule has 0 bridgehead atoms. The molecule has 0 saturated heterocycles. The second-order valence-electron chi connectivity index (χ2n) is 8.65. The Labute approximate surface area is 195 Å². The third-order valence-electron chi connectivity index (χ3n) is 4.63. The van der Waals surface area contributed by atoms with E-state index in [1.165, 1.54) is 53.6 Å². The van der Waals surface area contributed by atoms with E-state index in [0.29, 0.717) is 11.2 Å². The number of nitrogens with zero attached hydrogens (tertiary/aromatic N) is 2. The van der Waals surface area contributed by atoms with Crippen LogP contribution < -0.4 is 0 Å². The van der Waals surface area contributed by atoms with Gasteiger partial charge in [-0.05, 0) is 35.7 Å². The number of carboxylic acid groups (broad SMARTS) is 1. The van der Waals surface area contributed by atoms with Gasteiger partial charge in [-0.15, -0.1) is 11.3 Å². The van der Waals surface area contributed by atoms with E-state index in [4.69, 9.17) is 0 Å². The number of carbonyl (C=O) groups is 2. The fourth-order valence-corrected chi connectivity index (χ4v) is 6.47. The normalized spacial score (nSPS) is 11.9. The summed E-state index contributed by atoms with van der Waals surface area (Å²) in [6, 6.07) is 9.92. The fraction of sp³-hybridized carbons (Fsp3) is 0.261. The zero-order valence-corrected chi connectivity index (χ0v) is 19.9. The Morgan fingerprint density at radius 2 is 1.91 bits per heavy atom. The maximum atomic E-state index is 14.5. The van der Waals surface area contributed by atoms with Gasteiger partial charge in [-0.3, -0.25) is 4.79 Å². The molecule has 0 saturated carbocycles. The molecule has 0 aliphatic carbocycles. The molecule has 1 aromatic carbocycles. The van der Waals surface area contributed by atoms with Crippen LogP contribution in [0.4, 0.5) is 9.18 Å². The Hall–Kier alpha value is -3.11. The highest BCUT2D eigenvalue weighted by Gasteiger charge is 2.29. The molecular weight excluding hydrogens is 467 g/mol. The zero-order valence-electron chi connectivity index (χ0n) is 18.3. The van der Waals surface area contributed by atoms with E-state index < -0.39 is 21.9 Å². The van der Waals surface area contributed by atoms with Crippen molar-refractivity contribution in [2.75, 3.05) is 6.54 Å². The summed E-state index contributed by atoms with van der Waals surface area (Å²) in [5, 5.41) is 9.64. The fourth-order valence-electron chi connectivity index (χ4n) is 3.29. The second-order valence-corrected chi connectivity index (χ2v) is 11.9. The number of rotatable bonds is 7. The number of aldehydes is 1. The zero-order chi connectivity index (χ0) is 24.4. The molecule has 7 nitrogen and oxygen atoms in total. The lowest BCUT2D eigenvalue weighted by Crippen LogP contribution is -2.36. The number of halogens is 1. The van der Waals surface area contributed by atoms with Gasteiger partial charge >= 0.3 is 6.09 Å². The summed E-state index contributed by atoms with van der Waals surface area (Å²) >= 11 is 0.874. The molecular formula is C23H23FN2O5S2. The van der Waals surface area contributed by atoms with Crippen molar-refractivity contribution in [3.63, 3.8) is 0 Å². The smallest absolute Gasteiger partial charge is 0.407 e. The number of thiophene rings is 1. The molecule has 1 N–H and O–H groups in total. The van der Waals surface area contributed by atoms with Crippen molar-refractivity contribution in [2.24, 2.45) is 5.41 Å². The van der Waals surface area contributed by atoms with Crippen LogP contribution in [0.2, 0.25) is 0 Å². The van der Waals surface area contributed by atoms with Crippen LogP contribution in [0, 0.1) is 11.4 Å². The van der Waals surface area contributed by atoms with E-state index in [1.807, 2.05) is 20.8 Å². The average Bonchev–Trinajstić information content (AvgIpc) is 3.17. The first kappa shape index (κ1) is 24.5. The highest BCUT2D eigenvalue weighted by molar-refractivity contribution is 7.93. The van der Waals surface area contributed by atoms with Gasteiger partial charge in [-0.2, -0.15) is 4.39 Å². The van der Waals surface area contributed by atoms with Gasteiger partial charge in [0.15, 0.2) is 0 Å². The number of amides is 1. The average molecular weight is 491 g/mol. The van der Waals surface area contributed by atoms with Crippen molar-refractivity contribution in [1.82, 2.24) is 9.88 Å². The number of aromatic nitrogens is 1. The lowest BCUT2D eigenvalue weighted by molar-refractivity contribution is 0.112. The first-order chi connectivity index (χ1) is 15.4. The Kier molecular flexibility index (Phi) is 6.99. The molecule has 0 aliphatic rings. The van der Waals surface area contributed by atoms with Crippen LogP contribution in [0.15, 0.2) is 57.8 Å². The summed E-state index contributed by atoms with van der Waals surface area (Å²) in [6.45, 7) is 5.84. The second kappa shape index (κ2) is 9.40. The summed E-state index contributed by atoms with van der Waals surface area (Å²) in [6.07, 6.45) is 0.650. The predicted molar refractivity (Wildman–Crippen MR) is 123 cm³/mol. The van der Waals surface area contributed by atoms with Gasteiger partial charge < -0.3 is 10.0 Å². The summed E-state index contributed by atoms with van der Waals surface area (Å²) in [5.41, 5.74) is -0.0526. The summed E-state index contributed by atoms with van der Waals surface area (Å²) in [5.74, 6) is -0.843. The van der Waals surface area contributed by atoms with Crippen LogP contribution in [0.5, 0.6) is 0 Å². The Morgan fingerprint density at radius 1 is 1.18 bits per heavy atom. The maximum absolute atomic E-state index is 14.5. The van der Waals surface area contributed by atoms with Crippen LogP contribution in [0.1, 0.15) is 36.0 Å². The summed E-state index contributed by atoms with van der Waals surface area (Å²) < 4.78 is 41.4. The molecule has 10 heteroatoms. The maximum Gasteiger partial charge on any atom is 0.407 e. The molecule has 0 aliphatic heterocycles. The molecule has 3 rings (SSSR count). The van der Waals surface area contributed by atoms with Crippen molar-refractivity contribution in [3.8, 4) is 11.1 Å². The van der Waals surface area contributed by atoms with Gasteiger partial charge in [-0.1, -0.05) is 32.9 Å². The lowest BCUT2D eigenvalue weighted by atomic mass is 9.96. The van der Waals surface area contributed by atoms with Gasteiger partial charge in [0.05, 0.1) is 11.4 Å². The quantitative estimate of drug-likeness (QED) is 0.364. The van der Waals surface area contributed by atoms with Crippen molar-refractivity contribution in [2.45, 2.75) is 36.4 Å². The van der Waals surface area contributed by atoms with Crippen LogP contribution in [-0.2, 0) is 16.4 Å². The molecule has 2 heterocycles. The van der Waals surface area contributed by atoms with E-state index in [-0.39, 0.29) is 44.3 Å². The highest BCUT2D eigenvalue weighted by atomic mass is 32.2. The van der Waals surface area contributed by atoms with E-state index >= 15 is 0 Å². The van der Waals surface area contributed by atoms with E-state index in [2.05, 4.69) is 4.98 Å². The van der Waals surface area contributed by atoms with E-state index in [0.717, 1.165) is 11.3 Å². The minimum Gasteiger partial charge on any atom is -0.465 e. The monoisotopic (exact) mass is 490 g/mol. The van der Waals surface area contributed by atoms with Crippen molar-refractivity contribution >= 4 is 33.6 Å². The topological polar surface area (TPSA) is 105 Å². The van der Waals surface area contributed by atoms with Gasteiger partial charge in [0, 0.05) is 34.3 Å². The van der Waals surface area contributed by atoms with Gasteiger partial charge in [0.2, 0.25) is 15.8 Å². The molecule has 0 fully saturated rings. The van der Waals surface area contributed by atoms with E-state index in [9.17, 15) is 27.5 Å². The predicted octanol–water partition coefficient (Wildman–Crippen LogP) is 5.12. The first-order valence-corrected chi connectivity index (χ1v) is 12.2. The van der Waals surface area contributed by atoms with Crippen molar-refractivity contribution < 1.29 is 27.5 Å². The Morgan fingerprint density at radius 3 is 2.52 bits per heavy atom. The number of carbonyl (C=O) groups excluding carboxylic acids is 1. The third kappa shape index (κ3) is 5.63. The minimum absolute atomic E-state index is 0.0113. The molecule has 33 heavy (non-hydrogen) atoms. The number of pyridine rings is 1. The Bertz CT molecular complexity index is 1300. The van der Waals surface area contributed by atoms with Crippen molar-refractivity contribution in [1.29, 1.82) is 0 Å². The third-order valence-corrected chi connectivity index (χ3v) is 8.03. The lowest BCUT2D eigenvalue weighted by Gasteiger charge is -2.27. The van der Waals surface area contributed by atoms with Gasteiger partial charge in [0.1, 0.15) is 10.5 Å². The SMILES string of the molecule is CC(C)(C)CN(Cc1cc(-c2cccnc2F)c(S(=O)(=O)c2cccc(C=O)c2)s1)C(=O)O. The van der Waals surface area contributed by atoms with Gasteiger partial charge in [-0.25, -0.2) is 18.2 Å². The van der Waals surface area contributed by atoms with Crippen LogP contribution >= 0.6 is 11.3 Å². The van der Waals surface area contributed by atoms with Crippen LogP contribution in [-0.4, -0.2) is 42.3 Å². The standard InChI is InChI=1S/C23H23FN2O5S2/c1-23(2,3)14-26(22(28)29)12-16-11-19(18-8-5-9-25-20(18)24)21(32-16)33(30,31)17-7-4-6-15(10-17)13-27/h4-11,13H,12,14H2,1-3H3,(H,28,29). The van der Waals surface area contributed by atoms with Crippen LogP contribution in [0.25, 0.3) is 11.1 Å². The number of hydrogen-bond donors (Lipinski definition) is 1. The first-order valence-electron chi connectivity index (χ1n) is 9.94. The number of benzene rings is 1.